The van der Waals surface area contributed by atoms with Crippen LogP contribution in [0.2, 0.25) is 5.02 Å². The second-order valence-electron chi connectivity index (χ2n) is 6.83. The Labute approximate surface area is 212 Å². The molecule has 0 aliphatic rings. The number of alkyl halides is 1. The van der Waals surface area contributed by atoms with E-state index in [9.17, 15) is 14.0 Å². The van der Waals surface area contributed by atoms with Crippen LogP contribution in [0, 0.1) is 11.6 Å². The number of ether oxygens (including phenoxy) is 3. The highest BCUT2D eigenvalue weighted by Gasteiger charge is 2.26. The zero-order valence-electron chi connectivity index (χ0n) is 18.0. The molecule has 2 N–H and O–H groups in total. The van der Waals surface area contributed by atoms with E-state index in [4.69, 9.17) is 31.5 Å². The summed E-state index contributed by atoms with van der Waals surface area (Å²) in [4.78, 5) is 28.6. The summed E-state index contributed by atoms with van der Waals surface area (Å²) in [5.41, 5.74) is 4.96. The van der Waals surface area contributed by atoms with Gasteiger partial charge in [-0.2, -0.15) is 0 Å². The molecule has 2 aromatic carbocycles. The van der Waals surface area contributed by atoms with Gasteiger partial charge in [0.25, 0.3) is 0 Å². The molecule has 0 fully saturated rings. The average Bonchev–Trinajstić information content (AvgIpc) is 2.85. The Morgan fingerprint density at radius 2 is 1.76 bits per heavy atom. The van der Waals surface area contributed by atoms with Gasteiger partial charge in [-0.05, 0) is 12.1 Å². The minimum absolute atomic E-state index is 0.0786. The quantitative estimate of drug-likeness (QED) is 0.221. The summed E-state index contributed by atoms with van der Waals surface area (Å²) in [6, 6.07) is 9.20. The number of aromatic nitrogens is 1. The van der Waals surface area contributed by atoms with E-state index in [0.29, 0.717) is 15.6 Å². The maximum absolute atomic E-state index is 15.1. The predicted octanol–water partition coefficient (Wildman–Crippen LogP) is 5.35. The number of carbonyl (C=O) groups excluding carboxylic acids is 2. The van der Waals surface area contributed by atoms with Gasteiger partial charge in [-0.1, -0.05) is 58.5 Å². The molecule has 0 atom stereocenters. The van der Waals surface area contributed by atoms with Gasteiger partial charge in [0.1, 0.15) is 12.3 Å². The summed E-state index contributed by atoms with van der Waals surface area (Å²) in [7, 11) is 2.51. The Morgan fingerprint density at radius 3 is 2.41 bits per heavy atom. The van der Waals surface area contributed by atoms with Crippen LogP contribution in [0.4, 0.5) is 14.5 Å². The third kappa shape index (κ3) is 4.92. The number of hydrogen-bond acceptors (Lipinski definition) is 7. The van der Waals surface area contributed by atoms with Gasteiger partial charge in [-0.15, -0.1) is 0 Å². The summed E-state index contributed by atoms with van der Waals surface area (Å²) in [5.74, 6) is -3.70. The molecule has 0 spiro atoms. The summed E-state index contributed by atoms with van der Waals surface area (Å²) >= 11 is 8.10. The fraction of sp³-hybridized carbons (Fsp3) is 0.174. The number of carbonyl (C=O) groups is 2. The van der Waals surface area contributed by atoms with Crippen LogP contribution in [0.1, 0.15) is 32.0 Å². The standard InChI is InChI=1S/C23H18ClF2IN2O5/c1-32-21-11(9-27)7-8-14(16(21)25)19-17(26)18(28)15(24)20(29-19)23(31)34-10-12-5-3-4-6-13(12)22(30)33-2/h3-8H,9-10H2,1-2H3,(H2,28,29). The first-order valence-electron chi connectivity index (χ1n) is 9.64. The van der Waals surface area contributed by atoms with Crippen molar-refractivity contribution in [2.45, 2.75) is 11.0 Å². The maximum Gasteiger partial charge on any atom is 0.358 e. The Balaban J connectivity index is 2.01. The second kappa shape index (κ2) is 11.0. The van der Waals surface area contributed by atoms with E-state index in [0.717, 1.165) is 0 Å². The monoisotopic (exact) mass is 602 g/mol. The number of anilines is 1. The highest BCUT2D eigenvalue weighted by Crippen LogP contribution is 2.37. The molecule has 7 nitrogen and oxygen atoms in total. The molecule has 0 amide bonds. The average molecular weight is 603 g/mol. The molecule has 34 heavy (non-hydrogen) atoms. The molecular formula is C23H18ClF2IN2O5. The molecule has 3 rings (SSSR count). The third-order valence-electron chi connectivity index (χ3n) is 4.87. The number of esters is 2. The van der Waals surface area contributed by atoms with E-state index in [-0.39, 0.29) is 23.5 Å². The first kappa shape index (κ1) is 25.6. The van der Waals surface area contributed by atoms with Gasteiger partial charge in [0.05, 0.1) is 30.5 Å². The molecule has 3 aromatic rings. The van der Waals surface area contributed by atoms with Crippen molar-refractivity contribution in [3.8, 4) is 17.0 Å². The fourth-order valence-corrected chi connectivity index (χ4v) is 3.95. The van der Waals surface area contributed by atoms with Gasteiger partial charge in [0, 0.05) is 21.1 Å². The van der Waals surface area contributed by atoms with Crippen LogP contribution in [-0.2, 0) is 20.5 Å². The maximum atomic E-state index is 15.1. The van der Waals surface area contributed by atoms with Crippen molar-refractivity contribution >= 4 is 51.8 Å². The third-order valence-corrected chi connectivity index (χ3v) is 6.07. The lowest BCUT2D eigenvalue weighted by Crippen LogP contribution is -2.14. The molecule has 0 aliphatic heterocycles. The zero-order valence-corrected chi connectivity index (χ0v) is 20.9. The summed E-state index contributed by atoms with van der Waals surface area (Å²) in [6.45, 7) is -0.332. The van der Waals surface area contributed by atoms with Gasteiger partial charge in [0.15, 0.2) is 23.1 Å². The van der Waals surface area contributed by atoms with Crippen molar-refractivity contribution in [2.75, 3.05) is 20.0 Å². The van der Waals surface area contributed by atoms with E-state index < -0.39 is 45.7 Å². The minimum Gasteiger partial charge on any atom is -0.493 e. The van der Waals surface area contributed by atoms with Crippen LogP contribution >= 0.6 is 34.2 Å². The van der Waals surface area contributed by atoms with Crippen LogP contribution in [0.25, 0.3) is 11.3 Å². The Hall–Kier alpha value is -2.99. The number of hydrogen-bond donors (Lipinski definition) is 1. The number of methoxy groups -OCH3 is 2. The van der Waals surface area contributed by atoms with Crippen molar-refractivity contribution in [2.24, 2.45) is 0 Å². The molecule has 178 valence electrons. The normalized spacial score (nSPS) is 10.6. The van der Waals surface area contributed by atoms with E-state index in [1.807, 2.05) is 22.6 Å². The molecule has 0 saturated carbocycles. The molecule has 0 bridgehead atoms. The number of halogens is 4. The van der Waals surface area contributed by atoms with Crippen LogP contribution in [0.3, 0.4) is 0 Å². The number of benzene rings is 2. The van der Waals surface area contributed by atoms with Crippen LogP contribution in [-0.4, -0.2) is 31.1 Å². The molecule has 0 radical (unpaired) electrons. The molecular weight excluding hydrogens is 585 g/mol. The minimum atomic E-state index is -1.10. The molecule has 0 saturated heterocycles. The van der Waals surface area contributed by atoms with Gasteiger partial charge in [0.2, 0.25) is 0 Å². The lowest BCUT2D eigenvalue weighted by molar-refractivity contribution is 0.0455. The first-order chi connectivity index (χ1) is 16.2. The van der Waals surface area contributed by atoms with Crippen LogP contribution < -0.4 is 10.5 Å². The molecule has 1 heterocycles. The van der Waals surface area contributed by atoms with Gasteiger partial charge < -0.3 is 19.9 Å². The number of rotatable bonds is 7. The lowest BCUT2D eigenvalue weighted by Gasteiger charge is -2.15. The Kier molecular flexibility index (Phi) is 8.26. The SMILES string of the molecule is COC(=O)c1ccccc1COC(=O)c1nc(-c2ccc(CI)c(OC)c2F)c(F)c(N)c1Cl. The van der Waals surface area contributed by atoms with E-state index in [1.54, 1.807) is 24.3 Å². The number of nitrogens with two attached hydrogens (primary N) is 1. The number of nitrogen functional groups attached to an aromatic ring is 1. The zero-order chi connectivity index (χ0) is 25.0. The predicted molar refractivity (Wildman–Crippen MR) is 130 cm³/mol. The van der Waals surface area contributed by atoms with Crippen molar-refractivity contribution in [1.82, 2.24) is 4.98 Å². The van der Waals surface area contributed by atoms with Crippen LogP contribution in [0.5, 0.6) is 5.75 Å². The Morgan fingerprint density at radius 1 is 1.06 bits per heavy atom. The van der Waals surface area contributed by atoms with Gasteiger partial charge in [-0.3, -0.25) is 0 Å². The summed E-state index contributed by atoms with van der Waals surface area (Å²) in [5, 5.41) is -0.483. The molecule has 0 unspecified atom stereocenters. The molecule has 1 aromatic heterocycles. The molecule has 0 aliphatic carbocycles. The highest BCUT2D eigenvalue weighted by atomic mass is 127. The van der Waals surface area contributed by atoms with Gasteiger partial charge in [-0.25, -0.2) is 23.4 Å². The van der Waals surface area contributed by atoms with E-state index in [2.05, 4.69) is 4.98 Å². The van der Waals surface area contributed by atoms with Crippen molar-refractivity contribution in [3.63, 3.8) is 0 Å². The lowest BCUT2D eigenvalue weighted by atomic mass is 10.1. The Bertz CT molecular complexity index is 1270. The van der Waals surface area contributed by atoms with E-state index in [1.165, 1.54) is 26.4 Å². The highest BCUT2D eigenvalue weighted by molar-refractivity contribution is 14.1. The van der Waals surface area contributed by atoms with Crippen molar-refractivity contribution in [1.29, 1.82) is 0 Å². The largest absolute Gasteiger partial charge is 0.493 e. The number of pyridine rings is 1. The molecule has 11 heteroatoms. The second-order valence-corrected chi connectivity index (χ2v) is 7.97. The van der Waals surface area contributed by atoms with Gasteiger partial charge >= 0.3 is 11.9 Å². The fourth-order valence-electron chi connectivity index (χ4n) is 3.15. The van der Waals surface area contributed by atoms with E-state index >= 15 is 4.39 Å². The first-order valence-corrected chi connectivity index (χ1v) is 11.5. The smallest absolute Gasteiger partial charge is 0.358 e. The summed E-state index contributed by atoms with van der Waals surface area (Å²) in [6.07, 6.45) is 0. The summed E-state index contributed by atoms with van der Waals surface area (Å²) < 4.78 is 45.5. The van der Waals surface area contributed by atoms with Crippen molar-refractivity contribution in [3.05, 3.63) is 75.4 Å². The van der Waals surface area contributed by atoms with Crippen molar-refractivity contribution < 1.29 is 32.6 Å². The van der Waals surface area contributed by atoms with Crippen LogP contribution in [0.15, 0.2) is 36.4 Å². The number of nitrogens with zero attached hydrogens (tertiary/aromatic N) is 1. The topological polar surface area (TPSA) is 101 Å².